The second-order valence-corrected chi connectivity index (χ2v) is 5.37. The number of aromatic carboxylic acids is 1. The van der Waals surface area contributed by atoms with Gasteiger partial charge in [0, 0.05) is 17.5 Å². The lowest BCUT2D eigenvalue weighted by Gasteiger charge is -2.07. The summed E-state index contributed by atoms with van der Waals surface area (Å²) < 4.78 is 18.7. The van der Waals surface area contributed by atoms with Crippen molar-refractivity contribution >= 4 is 34.4 Å². The van der Waals surface area contributed by atoms with Crippen molar-refractivity contribution in [3.8, 4) is 0 Å². The number of fused-ring (bicyclic) bond motifs is 1. The molecule has 0 spiro atoms. The minimum Gasteiger partial charge on any atom is -0.475 e. The SMILES string of the molecule is O=C(NCc1c(C(=O)O)oc2ccccc12)c1cccc(F)c1Cl. The largest absolute Gasteiger partial charge is 0.475 e. The van der Waals surface area contributed by atoms with Crippen molar-refractivity contribution in [2.24, 2.45) is 0 Å². The molecule has 1 aromatic heterocycles. The highest BCUT2D eigenvalue weighted by Crippen LogP contribution is 2.26. The average Bonchev–Trinajstić information content (AvgIpc) is 2.94. The summed E-state index contributed by atoms with van der Waals surface area (Å²) in [7, 11) is 0. The Balaban J connectivity index is 1.90. The number of halogens is 2. The summed E-state index contributed by atoms with van der Waals surface area (Å²) in [6.07, 6.45) is 0. The first-order chi connectivity index (χ1) is 11.5. The lowest BCUT2D eigenvalue weighted by atomic mass is 10.1. The third kappa shape index (κ3) is 2.83. The number of benzene rings is 2. The summed E-state index contributed by atoms with van der Waals surface area (Å²) in [5.74, 6) is -2.80. The van der Waals surface area contributed by atoms with Crippen molar-refractivity contribution in [1.29, 1.82) is 0 Å². The Labute approximate surface area is 140 Å². The molecule has 0 saturated carbocycles. The number of carbonyl (C=O) groups is 2. The zero-order chi connectivity index (χ0) is 17.3. The van der Waals surface area contributed by atoms with Crippen LogP contribution in [-0.2, 0) is 6.54 Å². The number of nitrogens with one attached hydrogen (secondary N) is 1. The Morgan fingerprint density at radius 1 is 1.17 bits per heavy atom. The topological polar surface area (TPSA) is 79.5 Å². The van der Waals surface area contributed by atoms with Gasteiger partial charge in [0.1, 0.15) is 11.4 Å². The van der Waals surface area contributed by atoms with Crippen LogP contribution in [0.4, 0.5) is 4.39 Å². The Kier molecular flexibility index (Phi) is 4.22. The number of hydrogen-bond acceptors (Lipinski definition) is 3. The predicted octanol–water partition coefficient (Wildman–Crippen LogP) is 3.85. The standard InChI is InChI=1S/C17H11ClFNO4/c18-14-10(5-3-6-12(14)19)16(21)20-8-11-9-4-1-2-7-13(9)24-15(11)17(22)23/h1-7H,8H2,(H,20,21)(H,22,23). The third-order valence-corrected chi connectivity index (χ3v) is 3.90. The van der Waals surface area contributed by atoms with E-state index in [9.17, 15) is 19.1 Å². The van der Waals surface area contributed by atoms with Gasteiger partial charge in [-0.05, 0) is 18.2 Å². The molecule has 1 amide bonds. The van der Waals surface area contributed by atoms with Crippen LogP contribution >= 0.6 is 11.6 Å². The molecule has 0 aliphatic carbocycles. The van der Waals surface area contributed by atoms with Crippen LogP contribution < -0.4 is 5.32 Å². The van der Waals surface area contributed by atoms with E-state index in [4.69, 9.17) is 16.0 Å². The summed E-state index contributed by atoms with van der Waals surface area (Å²) in [5, 5.41) is 12.1. The number of amides is 1. The van der Waals surface area contributed by atoms with E-state index in [1.807, 2.05) is 0 Å². The van der Waals surface area contributed by atoms with E-state index < -0.39 is 17.7 Å². The quantitative estimate of drug-likeness (QED) is 0.751. The molecule has 122 valence electrons. The maximum atomic E-state index is 13.4. The van der Waals surface area contributed by atoms with Crippen molar-refractivity contribution in [2.45, 2.75) is 6.54 Å². The van der Waals surface area contributed by atoms with Crippen LogP contribution in [0.2, 0.25) is 5.02 Å². The molecule has 3 aromatic rings. The lowest BCUT2D eigenvalue weighted by Crippen LogP contribution is -2.24. The molecule has 0 unspecified atom stereocenters. The van der Waals surface area contributed by atoms with Crippen molar-refractivity contribution in [3.63, 3.8) is 0 Å². The van der Waals surface area contributed by atoms with Crippen LogP contribution in [0.1, 0.15) is 26.5 Å². The van der Waals surface area contributed by atoms with E-state index in [0.717, 1.165) is 6.07 Å². The molecule has 2 aromatic carbocycles. The normalized spacial score (nSPS) is 10.8. The maximum absolute atomic E-state index is 13.4. The minimum atomic E-state index is -1.24. The van der Waals surface area contributed by atoms with Gasteiger partial charge < -0.3 is 14.8 Å². The Bertz CT molecular complexity index is 951. The molecule has 7 heteroatoms. The highest BCUT2D eigenvalue weighted by molar-refractivity contribution is 6.34. The maximum Gasteiger partial charge on any atom is 0.372 e. The molecule has 0 saturated heterocycles. The molecule has 24 heavy (non-hydrogen) atoms. The van der Waals surface area contributed by atoms with E-state index in [1.54, 1.807) is 24.3 Å². The second-order valence-electron chi connectivity index (χ2n) is 5.00. The average molecular weight is 348 g/mol. The molecule has 0 radical (unpaired) electrons. The second kappa shape index (κ2) is 6.33. The fourth-order valence-corrected chi connectivity index (χ4v) is 2.60. The van der Waals surface area contributed by atoms with Crippen LogP contribution in [0.5, 0.6) is 0 Å². The van der Waals surface area contributed by atoms with Gasteiger partial charge in [-0.2, -0.15) is 0 Å². The number of carboxylic acid groups (broad SMARTS) is 1. The van der Waals surface area contributed by atoms with Gasteiger partial charge in [0.25, 0.3) is 5.91 Å². The van der Waals surface area contributed by atoms with E-state index >= 15 is 0 Å². The highest BCUT2D eigenvalue weighted by Gasteiger charge is 2.21. The monoisotopic (exact) mass is 347 g/mol. The summed E-state index contributed by atoms with van der Waals surface area (Å²) in [6.45, 7) is -0.0929. The molecule has 0 fully saturated rings. The van der Waals surface area contributed by atoms with Gasteiger partial charge in [0.05, 0.1) is 10.6 Å². The van der Waals surface area contributed by atoms with E-state index in [-0.39, 0.29) is 22.9 Å². The van der Waals surface area contributed by atoms with Gasteiger partial charge in [-0.15, -0.1) is 0 Å². The van der Waals surface area contributed by atoms with Crippen LogP contribution in [-0.4, -0.2) is 17.0 Å². The smallest absolute Gasteiger partial charge is 0.372 e. The number of hydrogen-bond donors (Lipinski definition) is 2. The summed E-state index contributed by atoms with van der Waals surface area (Å²) in [5.41, 5.74) is 0.711. The van der Waals surface area contributed by atoms with Crippen LogP contribution in [0.3, 0.4) is 0 Å². The van der Waals surface area contributed by atoms with E-state index in [1.165, 1.54) is 12.1 Å². The molecule has 1 heterocycles. The molecule has 0 aliphatic heterocycles. The van der Waals surface area contributed by atoms with Gasteiger partial charge >= 0.3 is 5.97 Å². The Hall–Kier alpha value is -2.86. The number of carboxylic acids is 1. The third-order valence-electron chi connectivity index (χ3n) is 3.51. The number of rotatable bonds is 4. The molecule has 0 bridgehead atoms. The lowest BCUT2D eigenvalue weighted by molar-refractivity contribution is 0.0662. The van der Waals surface area contributed by atoms with Crippen molar-refractivity contribution in [2.75, 3.05) is 0 Å². The van der Waals surface area contributed by atoms with Crippen molar-refractivity contribution in [1.82, 2.24) is 5.32 Å². The van der Waals surface area contributed by atoms with Crippen molar-refractivity contribution in [3.05, 3.63) is 70.2 Å². The Morgan fingerprint density at radius 2 is 1.92 bits per heavy atom. The van der Waals surface area contributed by atoms with Crippen molar-refractivity contribution < 1.29 is 23.5 Å². The molecule has 2 N–H and O–H groups in total. The summed E-state index contributed by atoms with van der Waals surface area (Å²) in [4.78, 5) is 23.5. The molecular weight excluding hydrogens is 337 g/mol. The molecular formula is C17H11ClFNO4. The fourth-order valence-electron chi connectivity index (χ4n) is 2.39. The molecule has 5 nitrogen and oxygen atoms in total. The van der Waals surface area contributed by atoms with E-state index in [2.05, 4.69) is 5.32 Å². The van der Waals surface area contributed by atoms with Gasteiger partial charge in [-0.25, -0.2) is 9.18 Å². The zero-order valence-corrected chi connectivity index (χ0v) is 12.9. The van der Waals surface area contributed by atoms with Gasteiger partial charge in [-0.3, -0.25) is 4.79 Å². The first kappa shape index (κ1) is 16.0. The Morgan fingerprint density at radius 3 is 2.67 bits per heavy atom. The molecule has 0 atom stereocenters. The number of furan rings is 1. The zero-order valence-electron chi connectivity index (χ0n) is 12.2. The first-order valence-electron chi connectivity index (χ1n) is 6.95. The number of carbonyl (C=O) groups excluding carboxylic acids is 1. The van der Waals surface area contributed by atoms with Gasteiger partial charge in [-0.1, -0.05) is 35.9 Å². The van der Waals surface area contributed by atoms with Crippen LogP contribution in [0, 0.1) is 5.82 Å². The summed E-state index contributed by atoms with van der Waals surface area (Å²) in [6, 6.07) is 10.7. The fraction of sp³-hybridized carbons (Fsp3) is 0.0588. The highest BCUT2D eigenvalue weighted by atomic mass is 35.5. The molecule has 3 rings (SSSR count). The predicted molar refractivity (Wildman–Crippen MR) is 85.8 cm³/mol. The van der Waals surface area contributed by atoms with Crippen LogP contribution in [0.25, 0.3) is 11.0 Å². The minimum absolute atomic E-state index is 0.0265. The summed E-state index contributed by atoms with van der Waals surface area (Å²) >= 11 is 5.78. The first-order valence-corrected chi connectivity index (χ1v) is 7.32. The van der Waals surface area contributed by atoms with E-state index in [0.29, 0.717) is 16.5 Å². The van der Waals surface area contributed by atoms with Crippen LogP contribution in [0.15, 0.2) is 46.9 Å². The number of para-hydroxylation sites is 1. The molecule has 0 aliphatic rings. The van der Waals surface area contributed by atoms with Gasteiger partial charge in [0.15, 0.2) is 0 Å². The van der Waals surface area contributed by atoms with Gasteiger partial charge in [0.2, 0.25) is 5.76 Å².